The van der Waals surface area contributed by atoms with Gasteiger partial charge in [0.15, 0.2) is 11.5 Å². The molecule has 4 rings (SSSR count). The molecule has 0 saturated carbocycles. The Bertz CT molecular complexity index is 1110. The Morgan fingerprint density at radius 2 is 1.68 bits per heavy atom. The lowest BCUT2D eigenvalue weighted by Gasteiger charge is -2.29. The normalized spacial score (nSPS) is 13.6. The van der Waals surface area contributed by atoms with Crippen LogP contribution in [0.3, 0.4) is 0 Å². The van der Waals surface area contributed by atoms with E-state index in [4.69, 9.17) is 37.4 Å². The highest BCUT2D eigenvalue weighted by molar-refractivity contribution is 9.10. The maximum atomic E-state index is 6.12. The van der Waals surface area contributed by atoms with Gasteiger partial charge in [-0.1, -0.05) is 45.2 Å². The number of ether oxygens (including phenoxy) is 3. The number of benzene rings is 3. The minimum absolute atomic E-state index is 0.358. The van der Waals surface area contributed by atoms with Crippen LogP contribution in [0.5, 0.6) is 11.5 Å². The third-order valence-corrected chi connectivity index (χ3v) is 6.99. The molecule has 1 saturated heterocycles. The van der Waals surface area contributed by atoms with E-state index in [-0.39, 0.29) is 0 Å². The molecule has 1 N–H and O–H groups in total. The van der Waals surface area contributed by atoms with Gasteiger partial charge < -0.3 is 24.4 Å². The fourth-order valence-electron chi connectivity index (χ4n) is 3.69. The molecule has 1 aliphatic heterocycles. The molecule has 0 aliphatic carbocycles. The Balaban J connectivity index is 1.41. The molecule has 1 aliphatic rings. The molecule has 5 nitrogen and oxygen atoms in total. The van der Waals surface area contributed by atoms with Crippen LogP contribution in [0.2, 0.25) is 10.0 Å². The van der Waals surface area contributed by atoms with Crippen LogP contribution in [0.4, 0.5) is 11.4 Å². The Kier molecular flexibility index (Phi) is 8.84. The van der Waals surface area contributed by atoms with Gasteiger partial charge in [0.2, 0.25) is 0 Å². The van der Waals surface area contributed by atoms with Gasteiger partial charge in [-0.15, -0.1) is 0 Å². The number of anilines is 2. The van der Waals surface area contributed by atoms with E-state index in [9.17, 15) is 0 Å². The first-order chi connectivity index (χ1) is 16.5. The van der Waals surface area contributed by atoms with E-state index in [1.165, 1.54) is 5.69 Å². The summed E-state index contributed by atoms with van der Waals surface area (Å²) in [6.07, 6.45) is 0. The van der Waals surface area contributed by atoms with Crippen molar-refractivity contribution in [1.29, 1.82) is 0 Å². The van der Waals surface area contributed by atoms with E-state index >= 15 is 0 Å². The summed E-state index contributed by atoms with van der Waals surface area (Å²) in [7, 11) is 0. The van der Waals surface area contributed by atoms with Crippen molar-refractivity contribution in [2.45, 2.75) is 20.1 Å². The Morgan fingerprint density at radius 1 is 0.941 bits per heavy atom. The summed E-state index contributed by atoms with van der Waals surface area (Å²) < 4.78 is 18.3. The maximum Gasteiger partial charge on any atom is 0.162 e. The molecule has 0 bridgehead atoms. The van der Waals surface area contributed by atoms with E-state index in [0.717, 1.165) is 47.6 Å². The number of morpholine rings is 1. The van der Waals surface area contributed by atoms with Gasteiger partial charge in [0.25, 0.3) is 0 Å². The van der Waals surface area contributed by atoms with E-state index in [1.54, 1.807) is 6.07 Å². The molecular formula is C26H27BrCl2N2O3. The summed E-state index contributed by atoms with van der Waals surface area (Å²) in [5, 5.41) is 4.52. The zero-order valence-corrected chi connectivity index (χ0v) is 22.0. The molecule has 0 unspecified atom stereocenters. The molecule has 0 amide bonds. The van der Waals surface area contributed by atoms with Crippen molar-refractivity contribution < 1.29 is 14.2 Å². The van der Waals surface area contributed by atoms with Crippen molar-refractivity contribution in [3.63, 3.8) is 0 Å². The average molecular weight is 566 g/mol. The minimum atomic E-state index is 0.358. The molecule has 3 aromatic rings. The first-order valence-electron chi connectivity index (χ1n) is 11.2. The molecule has 0 aromatic heterocycles. The van der Waals surface area contributed by atoms with Gasteiger partial charge in [0.05, 0.1) is 29.9 Å². The number of nitrogens with one attached hydrogen (secondary N) is 1. The van der Waals surface area contributed by atoms with E-state index < -0.39 is 0 Å². The van der Waals surface area contributed by atoms with Crippen LogP contribution in [0.15, 0.2) is 59.1 Å². The third kappa shape index (κ3) is 6.51. The van der Waals surface area contributed by atoms with Crippen molar-refractivity contribution in [2.24, 2.45) is 0 Å². The van der Waals surface area contributed by atoms with Gasteiger partial charge >= 0.3 is 0 Å². The standard InChI is InChI=1S/C26H27BrCl2N2O3/c1-2-33-25-14-19(16-30-20-4-6-21(7-5-20)31-9-11-32-12-10-31)22(27)15-26(25)34-17-18-3-8-23(28)24(29)13-18/h3-8,13-15,30H,2,9-12,16-17H2,1H3. The molecule has 34 heavy (non-hydrogen) atoms. The summed E-state index contributed by atoms with van der Waals surface area (Å²) in [6, 6.07) is 17.9. The predicted octanol–water partition coefficient (Wildman–Crippen LogP) is 7.18. The van der Waals surface area contributed by atoms with Gasteiger partial charge in [-0.05, 0) is 66.6 Å². The number of hydrogen-bond acceptors (Lipinski definition) is 5. The van der Waals surface area contributed by atoms with Gasteiger partial charge in [0, 0.05) is 35.5 Å². The number of halogens is 3. The van der Waals surface area contributed by atoms with Gasteiger partial charge in [-0.3, -0.25) is 0 Å². The molecule has 180 valence electrons. The summed E-state index contributed by atoms with van der Waals surface area (Å²) in [6.45, 7) is 6.92. The SMILES string of the molecule is CCOc1cc(CNc2ccc(N3CCOCC3)cc2)c(Br)cc1OCc1ccc(Cl)c(Cl)c1. The van der Waals surface area contributed by atoms with Crippen molar-refractivity contribution >= 4 is 50.5 Å². The van der Waals surface area contributed by atoms with Crippen LogP contribution < -0.4 is 19.7 Å². The van der Waals surface area contributed by atoms with E-state index in [2.05, 4.69) is 50.4 Å². The molecule has 8 heteroatoms. The molecule has 1 heterocycles. The van der Waals surface area contributed by atoms with E-state index in [1.807, 2.05) is 31.2 Å². The first-order valence-corrected chi connectivity index (χ1v) is 12.8. The summed E-state index contributed by atoms with van der Waals surface area (Å²) in [4.78, 5) is 2.34. The second-order valence-electron chi connectivity index (χ2n) is 7.86. The third-order valence-electron chi connectivity index (χ3n) is 5.52. The smallest absolute Gasteiger partial charge is 0.162 e. The first kappa shape index (κ1) is 25.0. The fourth-order valence-corrected chi connectivity index (χ4v) is 4.48. The number of hydrogen-bond donors (Lipinski definition) is 1. The molecule has 0 radical (unpaired) electrons. The Morgan fingerprint density at radius 3 is 2.38 bits per heavy atom. The Hall–Kier alpha value is -2.12. The molecule has 0 atom stereocenters. The highest BCUT2D eigenvalue weighted by Crippen LogP contribution is 2.35. The van der Waals surface area contributed by atoms with Gasteiger partial charge in [-0.2, -0.15) is 0 Å². The number of rotatable bonds is 9. The summed E-state index contributed by atoms with van der Waals surface area (Å²) in [5.41, 5.74) is 4.28. The lowest BCUT2D eigenvalue weighted by atomic mass is 10.2. The van der Waals surface area contributed by atoms with Crippen LogP contribution in [0, 0.1) is 0 Å². The lowest BCUT2D eigenvalue weighted by molar-refractivity contribution is 0.122. The van der Waals surface area contributed by atoms with Crippen LogP contribution in [0.1, 0.15) is 18.1 Å². The zero-order chi connectivity index (χ0) is 23.9. The molecule has 3 aromatic carbocycles. The van der Waals surface area contributed by atoms with Crippen LogP contribution >= 0.6 is 39.1 Å². The highest BCUT2D eigenvalue weighted by atomic mass is 79.9. The van der Waals surface area contributed by atoms with Crippen molar-refractivity contribution in [3.05, 3.63) is 80.2 Å². The average Bonchev–Trinajstić information content (AvgIpc) is 2.86. The number of nitrogens with zero attached hydrogens (tertiary/aromatic N) is 1. The highest BCUT2D eigenvalue weighted by Gasteiger charge is 2.13. The summed E-state index contributed by atoms with van der Waals surface area (Å²) in [5.74, 6) is 1.36. The quantitative estimate of drug-likeness (QED) is 0.297. The minimum Gasteiger partial charge on any atom is -0.490 e. The lowest BCUT2D eigenvalue weighted by Crippen LogP contribution is -2.36. The zero-order valence-electron chi connectivity index (χ0n) is 19.0. The topological polar surface area (TPSA) is 43.0 Å². The second kappa shape index (κ2) is 12.0. The van der Waals surface area contributed by atoms with Crippen LogP contribution in [-0.4, -0.2) is 32.9 Å². The van der Waals surface area contributed by atoms with Gasteiger partial charge in [0.1, 0.15) is 6.61 Å². The van der Waals surface area contributed by atoms with Crippen LogP contribution in [-0.2, 0) is 17.9 Å². The molecular weight excluding hydrogens is 539 g/mol. The van der Waals surface area contributed by atoms with Crippen molar-refractivity contribution in [2.75, 3.05) is 43.1 Å². The maximum absolute atomic E-state index is 6.12. The van der Waals surface area contributed by atoms with Crippen molar-refractivity contribution in [3.8, 4) is 11.5 Å². The predicted molar refractivity (Wildman–Crippen MR) is 143 cm³/mol. The van der Waals surface area contributed by atoms with Crippen LogP contribution in [0.25, 0.3) is 0 Å². The molecule has 0 spiro atoms. The fraction of sp³-hybridized carbons (Fsp3) is 0.308. The largest absolute Gasteiger partial charge is 0.490 e. The van der Waals surface area contributed by atoms with Gasteiger partial charge in [-0.25, -0.2) is 0 Å². The van der Waals surface area contributed by atoms with Crippen molar-refractivity contribution in [1.82, 2.24) is 0 Å². The summed E-state index contributed by atoms with van der Waals surface area (Å²) >= 11 is 15.8. The monoisotopic (exact) mass is 564 g/mol. The Labute approximate surface area is 219 Å². The second-order valence-corrected chi connectivity index (χ2v) is 9.53. The van der Waals surface area contributed by atoms with E-state index in [0.29, 0.717) is 41.3 Å². The molecule has 1 fully saturated rings.